The molecular weight excluding hydrogens is 661 g/mol. The minimum Gasteiger partial charge on any atom is -0.497 e. The average molecular weight is 683 g/mol. The van der Waals surface area contributed by atoms with Crippen LogP contribution in [-0.4, -0.2) is 57.5 Å². The van der Waals surface area contributed by atoms with Gasteiger partial charge in [0.15, 0.2) is 11.0 Å². The highest BCUT2D eigenvalue weighted by Gasteiger charge is 2.33. The third-order valence-corrected chi connectivity index (χ3v) is 7.36. The SMILES string of the molecule is COc1ccc(COCC(F)(F)F)c(N2C(=O)CS/C2=N\C(=O)Nc2ccc(-c3ncn(-c4ccc(C(F)(F)F)cc4)n3)cc2F)c1. The lowest BCUT2D eigenvalue weighted by Crippen LogP contribution is -2.31. The van der Waals surface area contributed by atoms with Gasteiger partial charge in [0.1, 0.15) is 24.5 Å². The van der Waals surface area contributed by atoms with Crippen LogP contribution in [0.25, 0.3) is 17.1 Å². The van der Waals surface area contributed by atoms with Crippen LogP contribution in [-0.2, 0) is 22.3 Å². The van der Waals surface area contributed by atoms with Crippen molar-refractivity contribution in [3.63, 3.8) is 0 Å². The highest BCUT2D eigenvalue weighted by molar-refractivity contribution is 8.15. The van der Waals surface area contributed by atoms with E-state index in [1.54, 1.807) is 0 Å². The molecule has 0 unspecified atom stereocenters. The molecule has 1 saturated heterocycles. The number of amides is 3. The molecule has 1 aliphatic heterocycles. The first-order valence-electron chi connectivity index (χ1n) is 13.3. The van der Waals surface area contributed by atoms with E-state index < -0.39 is 48.9 Å². The number of ether oxygens (including phenoxy) is 2. The van der Waals surface area contributed by atoms with E-state index >= 15 is 4.39 Å². The van der Waals surface area contributed by atoms with Crippen molar-refractivity contribution in [3.05, 3.63) is 83.9 Å². The van der Waals surface area contributed by atoms with Crippen molar-refractivity contribution in [2.45, 2.75) is 19.0 Å². The van der Waals surface area contributed by atoms with E-state index in [4.69, 9.17) is 9.47 Å². The van der Waals surface area contributed by atoms with Gasteiger partial charge in [-0.25, -0.2) is 18.9 Å². The number of aliphatic imine (C=N–C) groups is 1. The van der Waals surface area contributed by atoms with E-state index in [1.807, 2.05) is 0 Å². The second-order valence-electron chi connectivity index (χ2n) is 9.70. The molecule has 0 saturated carbocycles. The fourth-order valence-electron chi connectivity index (χ4n) is 4.27. The summed E-state index contributed by atoms with van der Waals surface area (Å²) in [6.07, 6.45) is -7.83. The highest BCUT2D eigenvalue weighted by atomic mass is 32.2. The fourth-order valence-corrected chi connectivity index (χ4v) is 5.13. The number of urea groups is 1. The lowest BCUT2D eigenvalue weighted by molar-refractivity contribution is -0.176. The van der Waals surface area contributed by atoms with Crippen molar-refractivity contribution in [2.75, 3.05) is 29.7 Å². The molecule has 3 amide bonds. The summed E-state index contributed by atoms with van der Waals surface area (Å²) in [6, 6.07) is 11.0. The number of halogens is 7. The molecule has 0 spiro atoms. The minimum absolute atomic E-state index is 0.0479. The third-order valence-electron chi connectivity index (χ3n) is 6.44. The van der Waals surface area contributed by atoms with Crippen molar-refractivity contribution in [1.29, 1.82) is 0 Å². The van der Waals surface area contributed by atoms with E-state index in [2.05, 4.69) is 20.4 Å². The predicted molar refractivity (Wildman–Crippen MR) is 157 cm³/mol. The molecule has 18 heteroatoms. The maximum atomic E-state index is 15.0. The Labute approximate surface area is 265 Å². The van der Waals surface area contributed by atoms with Gasteiger partial charge in [0.05, 0.1) is 42.1 Å². The third kappa shape index (κ3) is 8.07. The number of anilines is 2. The van der Waals surface area contributed by atoms with Gasteiger partial charge < -0.3 is 14.8 Å². The first kappa shape index (κ1) is 33.4. The van der Waals surface area contributed by atoms with Crippen LogP contribution >= 0.6 is 11.8 Å². The van der Waals surface area contributed by atoms with Crippen LogP contribution in [0.15, 0.2) is 72.0 Å². The second kappa shape index (κ2) is 13.4. The summed E-state index contributed by atoms with van der Waals surface area (Å²) in [7, 11) is 1.35. The van der Waals surface area contributed by atoms with E-state index in [-0.39, 0.29) is 50.7 Å². The number of carbonyl (C=O) groups is 2. The summed E-state index contributed by atoms with van der Waals surface area (Å²) in [6.45, 7) is -2.03. The number of thioether (sulfide) groups is 1. The number of amidine groups is 1. The molecule has 0 aliphatic carbocycles. The molecule has 10 nitrogen and oxygen atoms in total. The van der Waals surface area contributed by atoms with Crippen molar-refractivity contribution >= 4 is 40.2 Å². The van der Waals surface area contributed by atoms with Gasteiger partial charge in [0.25, 0.3) is 0 Å². The van der Waals surface area contributed by atoms with Gasteiger partial charge in [0.2, 0.25) is 5.91 Å². The number of hydrogen-bond donors (Lipinski definition) is 1. The molecule has 246 valence electrons. The smallest absolute Gasteiger partial charge is 0.416 e. The Morgan fingerprint density at radius 2 is 1.79 bits per heavy atom. The van der Waals surface area contributed by atoms with Crippen LogP contribution in [0.3, 0.4) is 0 Å². The van der Waals surface area contributed by atoms with Gasteiger partial charge in [-0.15, -0.1) is 5.10 Å². The molecular formula is C29H21F7N6O4S. The highest BCUT2D eigenvalue weighted by Crippen LogP contribution is 2.34. The molecule has 2 heterocycles. The van der Waals surface area contributed by atoms with Gasteiger partial charge in [-0.05, 0) is 48.5 Å². The molecule has 1 N–H and O–H groups in total. The Morgan fingerprint density at radius 1 is 1.04 bits per heavy atom. The summed E-state index contributed by atoms with van der Waals surface area (Å²) in [4.78, 5) is 34.6. The molecule has 47 heavy (non-hydrogen) atoms. The Morgan fingerprint density at radius 3 is 2.45 bits per heavy atom. The lowest BCUT2D eigenvalue weighted by Gasteiger charge is -2.21. The quantitative estimate of drug-likeness (QED) is 0.203. The van der Waals surface area contributed by atoms with E-state index in [0.717, 1.165) is 34.9 Å². The number of benzene rings is 3. The van der Waals surface area contributed by atoms with Crippen LogP contribution in [0.5, 0.6) is 5.75 Å². The van der Waals surface area contributed by atoms with Crippen molar-refractivity contribution in [2.24, 2.45) is 4.99 Å². The first-order valence-corrected chi connectivity index (χ1v) is 14.3. The molecule has 1 fully saturated rings. The fraction of sp³-hybridized carbons (Fsp3) is 0.207. The van der Waals surface area contributed by atoms with Crippen LogP contribution in [0, 0.1) is 5.82 Å². The zero-order chi connectivity index (χ0) is 33.9. The molecule has 5 rings (SSSR count). The lowest BCUT2D eigenvalue weighted by atomic mass is 10.1. The van der Waals surface area contributed by atoms with Crippen LogP contribution in [0.2, 0.25) is 0 Å². The predicted octanol–water partition coefficient (Wildman–Crippen LogP) is 6.85. The normalized spacial score (nSPS) is 14.6. The minimum atomic E-state index is -4.57. The van der Waals surface area contributed by atoms with Gasteiger partial charge in [-0.2, -0.15) is 31.3 Å². The topological polar surface area (TPSA) is 111 Å². The summed E-state index contributed by atoms with van der Waals surface area (Å²) < 4.78 is 103. The van der Waals surface area contributed by atoms with Gasteiger partial charge in [-0.1, -0.05) is 17.8 Å². The average Bonchev–Trinajstić information content (AvgIpc) is 3.64. The van der Waals surface area contributed by atoms with Crippen molar-refractivity contribution in [3.8, 4) is 22.8 Å². The summed E-state index contributed by atoms with van der Waals surface area (Å²) in [5.74, 6) is -1.24. The molecule has 0 bridgehead atoms. The van der Waals surface area contributed by atoms with Crippen LogP contribution in [0.4, 0.5) is 46.9 Å². The zero-order valence-electron chi connectivity index (χ0n) is 23.9. The number of aromatic nitrogens is 3. The standard InChI is InChI=1S/C29H21F7N6O4S/c1-45-20-8-2-17(12-46-14-28(31,32)33)23(11-20)42-24(43)13-47-27(42)39-26(44)38-22-9-3-16(10-21(22)30)25-37-15-41(40-25)19-6-4-18(5-7-19)29(34,35)36/h2-11,15H,12-14H2,1H3,(H,38,44)/b39-27-. The van der Waals surface area contributed by atoms with Gasteiger partial charge in [-0.3, -0.25) is 9.69 Å². The Balaban J connectivity index is 1.31. The Hall–Kier alpha value is -4.97. The van der Waals surface area contributed by atoms with E-state index in [0.29, 0.717) is 0 Å². The second-order valence-corrected chi connectivity index (χ2v) is 10.6. The van der Waals surface area contributed by atoms with E-state index in [1.165, 1.54) is 60.6 Å². The van der Waals surface area contributed by atoms with Gasteiger partial charge in [0, 0.05) is 17.2 Å². The number of carbonyl (C=O) groups excluding carboxylic acids is 2. The number of nitrogens with one attached hydrogen (secondary N) is 1. The number of nitrogens with zero attached hydrogens (tertiary/aromatic N) is 5. The molecule has 0 radical (unpaired) electrons. The maximum Gasteiger partial charge on any atom is 0.416 e. The number of alkyl halides is 6. The Kier molecular flexibility index (Phi) is 9.53. The molecule has 1 aliphatic rings. The summed E-state index contributed by atoms with van der Waals surface area (Å²) in [5.41, 5.74) is -0.362. The van der Waals surface area contributed by atoms with Crippen LogP contribution < -0.4 is 15.0 Å². The first-order chi connectivity index (χ1) is 22.2. The van der Waals surface area contributed by atoms with Gasteiger partial charge >= 0.3 is 18.4 Å². The van der Waals surface area contributed by atoms with Crippen molar-refractivity contribution < 1.29 is 49.8 Å². The van der Waals surface area contributed by atoms with Crippen molar-refractivity contribution in [1.82, 2.24) is 14.8 Å². The number of hydrogen-bond acceptors (Lipinski definition) is 7. The molecule has 0 atom stereocenters. The van der Waals surface area contributed by atoms with E-state index in [9.17, 15) is 35.9 Å². The Bertz CT molecular complexity index is 1830. The summed E-state index contributed by atoms with van der Waals surface area (Å²) in [5, 5.41) is 6.33. The molecule has 3 aromatic carbocycles. The maximum absolute atomic E-state index is 15.0. The molecule has 4 aromatic rings. The van der Waals surface area contributed by atoms with Crippen LogP contribution in [0.1, 0.15) is 11.1 Å². The number of rotatable bonds is 8. The largest absolute Gasteiger partial charge is 0.497 e. The summed E-state index contributed by atoms with van der Waals surface area (Å²) >= 11 is 0.884. The number of methoxy groups -OCH3 is 1. The molecule has 1 aromatic heterocycles. The monoisotopic (exact) mass is 682 g/mol. The zero-order valence-corrected chi connectivity index (χ0v) is 24.7.